The van der Waals surface area contributed by atoms with E-state index in [0.29, 0.717) is 23.8 Å². The van der Waals surface area contributed by atoms with Crippen molar-refractivity contribution in [3.05, 3.63) is 19.6 Å². The molecule has 2 aliphatic heterocycles. The van der Waals surface area contributed by atoms with E-state index in [2.05, 4.69) is 0 Å². The molecule has 0 aliphatic carbocycles. The highest BCUT2D eigenvalue weighted by atomic mass is 32.2. The van der Waals surface area contributed by atoms with Gasteiger partial charge in [0.1, 0.15) is 0 Å². The van der Waals surface area contributed by atoms with Crippen molar-refractivity contribution < 1.29 is 28.7 Å². The Morgan fingerprint density at radius 2 is 1.13 bits per heavy atom. The highest BCUT2D eigenvalue weighted by Crippen LogP contribution is 2.68. The Bertz CT molecular complexity index is 1160. The van der Waals surface area contributed by atoms with Crippen molar-refractivity contribution in [3.8, 4) is 17.6 Å². The zero-order chi connectivity index (χ0) is 23.0. The van der Waals surface area contributed by atoms with Crippen LogP contribution in [0.5, 0.6) is 11.5 Å². The van der Waals surface area contributed by atoms with Gasteiger partial charge < -0.3 is 9.47 Å². The average molecular weight is 494 g/mol. The van der Waals surface area contributed by atoms with E-state index in [4.69, 9.17) is 14.7 Å². The molecule has 2 heterocycles. The third kappa shape index (κ3) is 4.57. The fraction of sp³-hybridized carbons (Fsp3) is 0.250. The summed E-state index contributed by atoms with van der Waals surface area (Å²) >= 11 is 4.90. The number of allylic oxidation sites excluding steroid dienone is 2. The molecule has 0 unspecified atom stereocenters. The molecule has 0 saturated carbocycles. The van der Waals surface area contributed by atoms with Crippen molar-refractivity contribution in [2.24, 2.45) is 0 Å². The van der Waals surface area contributed by atoms with E-state index in [-0.39, 0.29) is 17.1 Å². The van der Waals surface area contributed by atoms with Gasteiger partial charge in [0, 0.05) is 11.2 Å². The Kier molecular flexibility index (Phi) is 6.95. The van der Waals surface area contributed by atoms with Gasteiger partial charge in [0.05, 0.1) is 29.4 Å². The normalized spacial score (nSPS) is 13.8. The second-order valence-corrected chi connectivity index (χ2v) is 11.1. The number of rotatable bonds is 4. The Balaban J connectivity index is 2.32. The monoisotopic (exact) mass is 493 g/mol. The van der Waals surface area contributed by atoms with E-state index in [9.17, 15) is 19.2 Å². The summed E-state index contributed by atoms with van der Waals surface area (Å²) in [6.45, 7) is 7.72. The van der Waals surface area contributed by atoms with E-state index < -0.39 is 23.5 Å². The van der Waals surface area contributed by atoms with E-state index in [0.717, 1.165) is 33.3 Å². The second-order valence-electron chi connectivity index (χ2n) is 6.54. The van der Waals surface area contributed by atoms with Crippen LogP contribution in [0.15, 0.2) is 39.2 Å². The number of carbonyl (C=O) groups excluding carboxylic acids is 4. The van der Waals surface area contributed by atoms with Gasteiger partial charge in [-0.25, -0.2) is 4.79 Å². The van der Waals surface area contributed by atoms with Gasteiger partial charge in [-0.15, -0.1) is 0 Å². The minimum Gasteiger partial charge on any atom is -0.424 e. The van der Waals surface area contributed by atoms with Crippen LogP contribution in [0.4, 0.5) is 0 Å². The smallest absolute Gasteiger partial charge is 0.416 e. The van der Waals surface area contributed by atoms with Crippen molar-refractivity contribution in [2.45, 2.75) is 54.2 Å². The molecule has 0 N–H and O–H groups in total. The number of fused-ring (bicyclic) bond motifs is 2. The van der Waals surface area contributed by atoms with Gasteiger partial charge in [0.15, 0.2) is 29.1 Å². The Labute approximate surface area is 195 Å². The number of hydrogen-bond donors (Lipinski definition) is 0. The SMILES string of the molecule is CC(=O)Oc1c2c(c(OC(=O)C#N)c3c1SC(=C(C(C)=O)C(C)=O)S3)SC(=C(C)C)S2. The maximum atomic E-state index is 12.1. The van der Waals surface area contributed by atoms with E-state index in [1.165, 1.54) is 50.4 Å². The molecule has 0 saturated heterocycles. The summed E-state index contributed by atoms with van der Waals surface area (Å²) in [7, 11) is 0. The van der Waals surface area contributed by atoms with Crippen LogP contribution in [0.1, 0.15) is 34.6 Å². The van der Waals surface area contributed by atoms with Gasteiger partial charge in [0.25, 0.3) is 0 Å². The first-order valence-electron chi connectivity index (χ1n) is 8.74. The van der Waals surface area contributed by atoms with Gasteiger partial charge >= 0.3 is 11.9 Å². The number of ether oxygens (including phenoxy) is 2. The fourth-order valence-electron chi connectivity index (χ4n) is 2.69. The van der Waals surface area contributed by atoms with Gasteiger partial charge in [-0.1, -0.05) is 52.6 Å². The lowest BCUT2D eigenvalue weighted by Crippen LogP contribution is -2.08. The van der Waals surface area contributed by atoms with Crippen molar-refractivity contribution in [1.29, 1.82) is 5.26 Å². The number of Topliss-reactive ketones (excluding diaryl/α,β-unsaturated/α-hetero) is 2. The topological polar surface area (TPSA) is 111 Å². The lowest BCUT2D eigenvalue weighted by molar-refractivity contribution is -0.132. The number of benzene rings is 1. The molecule has 0 fully saturated rings. The molecule has 3 rings (SSSR count). The standard InChI is InChI=1S/C20H15NO6S4/c1-7(2)19-28-15-13(26-10(5)24)16-18(14(17(15)29-19)27-11(25)6-21)31-20(30-16)12(8(3)22)9(4)23/h1-5H3. The molecule has 11 heteroatoms. The number of hydrogen-bond acceptors (Lipinski definition) is 11. The molecule has 31 heavy (non-hydrogen) atoms. The van der Waals surface area contributed by atoms with Crippen molar-refractivity contribution in [2.75, 3.05) is 0 Å². The molecule has 0 spiro atoms. The van der Waals surface area contributed by atoms with E-state index in [1.807, 2.05) is 13.8 Å². The number of thioether (sulfide) groups is 4. The van der Waals surface area contributed by atoms with Crippen LogP contribution in [0, 0.1) is 11.3 Å². The van der Waals surface area contributed by atoms with Gasteiger partial charge in [-0.3, -0.25) is 14.4 Å². The first kappa shape index (κ1) is 23.5. The summed E-state index contributed by atoms with van der Waals surface area (Å²) in [4.78, 5) is 49.9. The van der Waals surface area contributed by atoms with Crippen LogP contribution in [0.2, 0.25) is 0 Å². The molecule has 0 aromatic heterocycles. The zero-order valence-electron chi connectivity index (χ0n) is 17.0. The van der Waals surface area contributed by atoms with Crippen LogP contribution < -0.4 is 9.47 Å². The van der Waals surface area contributed by atoms with Crippen LogP contribution >= 0.6 is 47.0 Å². The van der Waals surface area contributed by atoms with Crippen LogP contribution in [-0.4, -0.2) is 23.5 Å². The largest absolute Gasteiger partial charge is 0.424 e. The quantitative estimate of drug-likeness (QED) is 0.140. The molecule has 7 nitrogen and oxygen atoms in total. The van der Waals surface area contributed by atoms with E-state index >= 15 is 0 Å². The first-order chi connectivity index (χ1) is 14.5. The fourth-order valence-corrected chi connectivity index (χ4v) is 8.27. The van der Waals surface area contributed by atoms with Crippen LogP contribution in [0.25, 0.3) is 0 Å². The van der Waals surface area contributed by atoms with E-state index in [1.54, 1.807) is 0 Å². The highest BCUT2D eigenvalue weighted by molar-refractivity contribution is 8.26. The number of ketones is 2. The van der Waals surface area contributed by atoms with Gasteiger partial charge in [-0.05, 0) is 27.7 Å². The molecular formula is C20H15NO6S4. The van der Waals surface area contributed by atoms with Crippen LogP contribution in [-0.2, 0) is 19.2 Å². The number of carbonyl (C=O) groups is 4. The summed E-state index contributed by atoms with van der Waals surface area (Å²) in [5, 5.41) is 8.97. The molecule has 0 atom stereocenters. The summed E-state index contributed by atoms with van der Waals surface area (Å²) in [5.74, 6) is -2.00. The first-order valence-corrected chi connectivity index (χ1v) is 12.0. The predicted molar refractivity (Wildman–Crippen MR) is 119 cm³/mol. The minimum absolute atomic E-state index is 0.0167. The van der Waals surface area contributed by atoms with Gasteiger partial charge in [0.2, 0.25) is 0 Å². The molecule has 2 aliphatic rings. The average Bonchev–Trinajstić information content (AvgIpc) is 3.28. The lowest BCUT2D eigenvalue weighted by atomic mass is 10.1. The second kappa shape index (κ2) is 9.16. The number of nitriles is 1. The maximum absolute atomic E-state index is 12.1. The maximum Gasteiger partial charge on any atom is 0.416 e. The molecule has 1 aromatic carbocycles. The molecule has 1 aromatic rings. The molecular weight excluding hydrogens is 478 g/mol. The Hall–Kier alpha value is -2.13. The van der Waals surface area contributed by atoms with Crippen molar-refractivity contribution in [3.63, 3.8) is 0 Å². The summed E-state index contributed by atoms with van der Waals surface area (Å²) in [6.07, 6.45) is 0. The van der Waals surface area contributed by atoms with Gasteiger partial charge in [-0.2, -0.15) is 5.26 Å². The minimum atomic E-state index is -1.10. The summed E-state index contributed by atoms with van der Waals surface area (Å²) < 4.78 is 12.2. The summed E-state index contributed by atoms with van der Waals surface area (Å²) in [6, 6.07) is 1.44. The zero-order valence-corrected chi connectivity index (χ0v) is 20.3. The Morgan fingerprint density at radius 3 is 1.48 bits per heavy atom. The molecule has 160 valence electrons. The third-order valence-electron chi connectivity index (χ3n) is 3.86. The lowest BCUT2D eigenvalue weighted by Gasteiger charge is -2.14. The van der Waals surface area contributed by atoms with Crippen molar-refractivity contribution in [1.82, 2.24) is 0 Å². The van der Waals surface area contributed by atoms with Crippen molar-refractivity contribution >= 4 is 70.6 Å². The molecule has 0 amide bonds. The molecule has 0 radical (unpaired) electrons. The number of nitrogens with zero attached hydrogens (tertiary/aromatic N) is 1. The Morgan fingerprint density at radius 1 is 0.710 bits per heavy atom. The third-order valence-corrected chi connectivity index (χ3v) is 9.46. The van der Waals surface area contributed by atoms with Crippen LogP contribution in [0.3, 0.4) is 0 Å². The number of esters is 2. The highest BCUT2D eigenvalue weighted by Gasteiger charge is 2.39. The summed E-state index contributed by atoms with van der Waals surface area (Å²) in [5.41, 5.74) is 1.04. The predicted octanol–water partition coefficient (Wildman–Crippen LogP) is 5.08. The molecule has 0 bridgehead atoms.